The van der Waals surface area contributed by atoms with Gasteiger partial charge in [0.1, 0.15) is 5.82 Å². The lowest BCUT2D eigenvalue weighted by atomic mass is 9.99. The van der Waals surface area contributed by atoms with Crippen LogP contribution in [0.5, 0.6) is 0 Å². The van der Waals surface area contributed by atoms with E-state index in [-0.39, 0.29) is 5.82 Å². The standard InChI is InChI=1S/C14H11FN2O2/c15-10-4-2-1-3-9(10)13(16)8-5-6-11-12(7-8)19-14(18)17-11/h1-7,13H,16H2,(H,17,18). The monoisotopic (exact) mass is 258 g/mol. The largest absolute Gasteiger partial charge is 0.417 e. The smallest absolute Gasteiger partial charge is 0.408 e. The molecule has 1 aromatic heterocycles. The highest BCUT2D eigenvalue weighted by Crippen LogP contribution is 2.24. The van der Waals surface area contributed by atoms with Gasteiger partial charge in [0.15, 0.2) is 5.58 Å². The highest BCUT2D eigenvalue weighted by molar-refractivity contribution is 5.73. The number of hydrogen-bond acceptors (Lipinski definition) is 3. The van der Waals surface area contributed by atoms with Crippen LogP contribution < -0.4 is 11.5 Å². The molecule has 0 saturated carbocycles. The van der Waals surface area contributed by atoms with Gasteiger partial charge in [-0.15, -0.1) is 0 Å². The Morgan fingerprint density at radius 2 is 2.00 bits per heavy atom. The van der Waals surface area contributed by atoms with Crippen molar-refractivity contribution < 1.29 is 8.81 Å². The third-order valence-electron chi connectivity index (χ3n) is 3.04. The van der Waals surface area contributed by atoms with Crippen LogP contribution in [0, 0.1) is 5.82 Å². The molecule has 0 fully saturated rings. The first-order valence-electron chi connectivity index (χ1n) is 5.78. The molecule has 0 saturated heterocycles. The Morgan fingerprint density at radius 1 is 1.21 bits per heavy atom. The number of fused-ring (bicyclic) bond motifs is 1. The number of benzene rings is 2. The van der Waals surface area contributed by atoms with Gasteiger partial charge >= 0.3 is 5.76 Å². The molecule has 1 heterocycles. The van der Waals surface area contributed by atoms with Gasteiger partial charge in [0.25, 0.3) is 0 Å². The topological polar surface area (TPSA) is 72.0 Å². The molecular weight excluding hydrogens is 247 g/mol. The van der Waals surface area contributed by atoms with Crippen molar-refractivity contribution in [2.75, 3.05) is 0 Å². The van der Waals surface area contributed by atoms with Gasteiger partial charge in [0.2, 0.25) is 0 Å². The Balaban J connectivity index is 2.08. The first-order chi connectivity index (χ1) is 9.15. The summed E-state index contributed by atoms with van der Waals surface area (Å²) < 4.78 is 18.6. The third kappa shape index (κ3) is 2.04. The maximum atomic E-state index is 13.7. The predicted octanol–water partition coefficient (Wildman–Crippen LogP) is 2.31. The van der Waals surface area contributed by atoms with Crippen LogP contribution >= 0.6 is 0 Å². The molecular formula is C14H11FN2O2. The van der Waals surface area contributed by atoms with Gasteiger partial charge in [-0.2, -0.15) is 0 Å². The minimum Gasteiger partial charge on any atom is -0.408 e. The van der Waals surface area contributed by atoms with E-state index in [1.54, 1.807) is 36.4 Å². The molecule has 0 aliphatic rings. The number of hydrogen-bond donors (Lipinski definition) is 2. The summed E-state index contributed by atoms with van der Waals surface area (Å²) in [5.74, 6) is -0.878. The molecule has 1 atom stereocenters. The Kier molecular flexibility index (Phi) is 2.68. The van der Waals surface area contributed by atoms with E-state index in [0.717, 1.165) is 0 Å². The Morgan fingerprint density at radius 3 is 2.79 bits per heavy atom. The van der Waals surface area contributed by atoms with E-state index in [2.05, 4.69) is 4.98 Å². The molecule has 0 spiro atoms. The fraction of sp³-hybridized carbons (Fsp3) is 0.0714. The molecule has 0 amide bonds. The second-order valence-corrected chi connectivity index (χ2v) is 4.27. The fourth-order valence-corrected chi connectivity index (χ4v) is 2.06. The van der Waals surface area contributed by atoms with Crippen LogP contribution in [0.4, 0.5) is 4.39 Å². The highest BCUT2D eigenvalue weighted by Gasteiger charge is 2.14. The summed E-state index contributed by atoms with van der Waals surface area (Å²) in [5, 5.41) is 0. The number of rotatable bonds is 2. The van der Waals surface area contributed by atoms with E-state index in [9.17, 15) is 9.18 Å². The van der Waals surface area contributed by atoms with Gasteiger partial charge in [-0.05, 0) is 23.8 Å². The number of aromatic amines is 1. The normalized spacial score (nSPS) is 12.7. The molecule has 2 aromatic carbocycles. The van der Waals surface area contributed by atoms with Crippen molar-refractivity contribution >= 4 is 11.1 Å². The lowest BCUT2D eigenvalue weighted by Crippen LogP contribution is -2.13. The van der Waals surface area contributed by atoms with Crippen LogP contribution in [0.3, 0.4) is 0 Å². The summed E-state index contributed by atoms with van der Waals surface area (Å²) in [6.07, 6.45) is 0. The molecule has 0 aliphatic heterocycles. The second kappa shape index (κ2) is 4.37. The van der Waals surface area contributed by atoms with Gasteiger partial charge < -0.3 is 10.2 Å². The lowest BCUT2D eigenvalue weighted by molar-refractivity contribution is 0.554. The van der Waals surface area contributed by atoms with Crippen molar-refractivity contribution in [1.82, 2.24) is 4.98 Å². The summed E-state index contributed by atoms with van der Waals surface area (Å²) in [4.78, 5) is 13.6. The van der Waals surface area contributed by atoms with Gasteiger partial charge in [0.05, 0.1) is 11.6 Å². The number of nitrogens with one attached hydrogen (secondary N) is 1. The van der Waals surface area contributed by atoms with Crippen molar-refractivity contribution in [3.8, 4) is 0 Å². The van der Waals surface area contributed by atoms with E-state index in [1.165, 1.54) is 6.07 Å². The number of oxazole rings is 1. The minimum atomic E-state index is -0.606. The molecule has 96 valence electrons. The molecule has 0 radical (unpaired) electrons. The zero-order valence-corrected chi connectivity index (χ0v) is 9.89. The van der Waals surface area contributed by atoms with E-state index < -0.39 is 11.8 Å². The molecule has 5 heteroatoms. The third-order valence-corrected chi connectivity index (χ3v) is 3.04. The van der Waals surface area contributed by atoms with E-state index in [4.69, 9.17) is 10.2 Å². The van der Waals surface area contributed by atoms with Gasteiger partial charge in [0, 0.05) is 5.56 Å². The molecule has 3 aromatic rings. The van der Waals surface area contributed by atoms with Crippen LogP contribution in [0.2, 0.25) is 0 Å². The zero-order valence-electron chi connectivity index (χ0n) is 9.89. The molecule has 3 N–H and O–H groups in total. The second-order valence-electron chi connectivity index (χ2n) is 4.27. The fourth-order valence-electron chi connectivity index (χ4n) is 2.06. The lowest BCUT2D eigenvalue weighted by Gasteiger charge is -2.13. The van der Waals surface area contributed by atoms with E-state index >= 15 is 0 Å². The molecule has 1 unspecified atom stereocenters. The molecule has 19 heavy (non-hydrogen) atoms. The Hall–Kier alpha value is -2.40. The SMILES string of the molecule is NC(c1ccc2[nH]c(=O)oc2c1)c1ccccc1F. The van der Waals surface area contributed by atoms with Crippen molar-refractivity contribution in [2.45, 2.75) is 6.04 Å². The summed E-state index contributed by atoms with van der Waals surface area (Å²) in [6, 6.07) is 10.8. The number of halogens is 1. The Bertz CT molecular complexity index is 791. The minimum absolute atomic E-state index is 0.356. The van der Waals surface area contributed by atoms with Crippen molar-refractivity contribution in [2.24, 2.45) is 5.73 Å². The average molecular weight is 258 g/mol. The molecule has 4 nitrogen and oxygen atoms in total. The number of aromatic nitrogens is 1. The quantitative estimate of drug-likeness (QED) is 0.740. The number of nitrogens with two attached hydrogens (primary N) is 1. The van der Waals surface area contributed by atoms with Crippen LogP contribution in [0.25, 0.3) is 11.1 Å². The zero-order chi connectivity index (χ0) is 13.4. The summed E-state index contributed by atoms with van der Waals surface area (Å²) in [7, 11) is 0. The Labute approximate surface area is 107 Å². The van der Waals surface area contributed by atoms with Crippen LogP contribution in [-0.4, -0.2) is 4.98 Å². The predicted molar refractivity (Wildman–Crippen MR) is 69.3 cm³/mol. The first kappa shape index (κ1) is 11.7. The van der Waals surface area contributed by atoms with Gasteiger partial charge in [-0.25, -0.2) is 9.18 Å². The summed E-state index contributed by atoms with van der Waals surface area (Å²) >= 11 is 0. The molecule has 0 aliphatic carbocycles. The molecule has 0 bridgehead atoms. The van der Waals surface area contributed by atoms with E-state index in [1.807, 2.05) is 0 Å². The molecule has 3 rings (SSSR count). The number of H-pyrrole nitrogens is 1. The van der Waals surface area contributed by atoms with Crippen LogP contribution in [0.1, 0.15) is 17.2 Å². The summed E-state index contributed by atoms with van der Waals surface area (Å²) in [5.41, 5.74) is 8.13. The summed E-state index contributed by atoms with van der Waals surface area (Å²) in [6.45, 7) is 0. The van der Waals surface area contributed by atoms with Gasteiger partial charge in [-0.3, -0.25) is 4.98 Å². The maximum absolute atomic E-state index is 13.7. The average Bonchev–Trinajstić information content (AvgIpc) is 2.77. The van der Waals surface area contributed by atoms with Crippen molar-refractivity contribution in [1.29, 1.82) is 0 Å². The highest BCUT2D eigenvalue weighted by atomic mass is 19.1. The van der Waals surface area contributed by atoms with Gasteiger partial charge in [-0.1, -0.05) is 24.3 Å². The van der Waals surface area contributed by atoms with Crippen molar-refractivity contribution in [3.05, 3.63) is 70.0 Å². The van der Waals surface area contributed by atoms with E-state index in [0.29, 0.717) is 22.2 Å². The first-order valence-corrected chi connectivity index (χ1v) is 5.78. The van der Waals surface area contributed by atoms with Crippen molar-refractivity contribution in [3.63, 3.8) is 0 Å². The maximum Gasteiger partial charge on any atom is 0.417 e. The van der Waals surface area contributed by atoms with Crippen LogP contribution in [-0.2, 0) is 0 Å². The van der Waals surface area contributed by atoms with Crippen LogP contribution in [0.15, 0.2) is 51.7 Å².